The highest BCUT2D eigenvalue weighted by atomic mass is 35.5. The topological polar surface area (TPSA) is 69.1 Å². The number of nitrogen functional groups attached to an aromatic ring is 1. The van der Waals surface area contributed by atoms with Crippen molar-refractivity contribution in [1.82, 2.24) is 4.98 Å². The van der Waals surface area contributed by atoms with E-state index in [1.807, 2.05) is 0 Å². The maximum absolute atomic E-state index is 10.8. The highest BCUT2D eigenvalue weighted by Crippen LogP contribution is 2.18. The van der Waals surface area contributed by atoms with E-state index in [2.05, 4.69) is 4.98 Å². The Balaban J connectivity index is 2.67. The third-order valence-corrected chi connectivity index (χ3v) is 1.85. The van der Waals surface area contributed by atoms with Crippen LogP contribution in [0.4, 0.5) is 6.01 Å². The average Bonchev–Trinajstić information content (AvgIpc) is 2.42. The number of rotatable bonds is 1. The molecule has 4 nitrogen and oxygen atoms in total. The Morgan fingerprint density at radius 1 is 1.54 bits per heavy atom. The first-order valence-corrected chi connectivity index (χ1v) is 3.90. The van der Waals surface area contributed by atoms with Gasteiger partial charge < -0.3 is 10.2 Å². The molecule has 1 aromatic carbocycles. The average molecular weight is 197 g/mol. The molecule has 0 amide bonds. The summed E-state index contributed by atoms with van der Waals surface area (Å²) >= 11 is 5.28. The number of halogens is 1. The number of fused-ring (bicyclic) bond motifs is 1. The smallest absolute Gasteiger partial charge is 0.292 e. The van der Waals surface area contributed by atoms with E-state index in [-0.39, 0.29) is 6.01 Å². The van der Waals surface area contributed by atoms with Crippen LogP contribution in [0.1, 0.15) is 10.4 Å². The summed E-state index contributed by atoms with van der Waals surface area (Å²) in [6.07, 6.45) is 0. The van der Waals surface area contributed by atoms with E-state index in [0.717, 1.165) is 0 Å². The second-order valence-electron chi connectivity index (χ2n) is 2.51. The Kier molecular flexibility index (Phi) is 1.70. The molecule has 0 radical (unpaired) electrons. The number of carbonyl (C=O) groups excluding carboxylic acids is 1. The number of hydrogen-bond acceptors (Lipinski definition) is 4. The summed E-state index contributed by atoms with van der Waals surface area (Å²) in [5.41, 5.74) is 6.76. The molecule has 0 atom stereocenters. The molecule has 0 spiro atoms. The zero-order chi connectivity index (χ0) is 9.42. The van der Waals surface area contributed by atoms with Crippen LogP contribution in [0, 0.1) is 0 Å². The van der Waals surface area contributed by atoms with Crippen LogP contribution in [0.15, 0.2) is 22.6 Å². The van der Waals surface area contributed by atoms with Crippen molar-refractivity contribution in [2.24, 2.45) is 0 Å². The van der Waals surface area contributed by atoms with Crippen LogP contribution in [-0.2, 0) is 0 Å². The third kappa shape index (κ3) is 1.36. The minimum Gasteiger partial charge on any atom is -0.424 e. The first kappa shape index (κ1) is 8.07. The summed E-state index contributed by atoms with van der Waals surface area (Å²) in [6, 6.07) is 4.78. The Hall–Kier alpha value is -1.55. The van der Waals surface area contributed by atoms with E-state index in [1.165, 1.54) is 6.07 Å². The Labute approximate surface area is 78.3 Å². The molecule has 1 aromatic heterocycles. The van der Waals surface area contributed by atoms with Crippen molar-refractivity contribution in [3.05, 3.63) is 23.8 Å². The monoisotopic (exact) mass is 196 g/mol. The van der Waals surface area contributed by atoms with E-state index in [0.29, 0.717) is 16.7 Å². The lowest BCUT2D eigenvalue weighted by Gasteiger charge is -1.90. The van der Waals surface area contributed by atoms with Gasteiger partial charge in [0.15, 0.2) is 5.58 Å². The van der Waals surface area contributed by atoms with Crippen LogP contribution in [0.5, 0.6) is 0 Å². The molecule has 5 heteroatoms. The first-order chi connectivity index (χ1) is 6.16. The number of anilines is 1. The number of nitrogens with zero attached hydrogens (tertiary/aromatic N) is 1. The fourth-order valence-electron chi connectivity index (χ4n) is 1.06. The van der Waals surface area contributed by atoms with Crippen LogP contribution in [0.3, 0.4) is 0 Å². The molecule has 2 N–H and O–H groups in total. The van der Waals surface area contributed by atoms with Crippen LogP contribution in [-0.4, -0.2) is 10.2 Å². The predicted molar refractivity (Wildman–Crippen MR) is 48.6 cm³/mol. The lowest BCUT2D eigenvalue weighted by Crippen LogP contribution is -1.86. The Morgan fingerprint density at radius 2 is 2.31 bits per heavy atom. The van der Waals surface area contributed by atoms with Crippen molar-refractivity contribution in [2.45, 2.75) is 0 Å². The lowest BCUT2D eigenvalue weighted by molar-refractivity contribution is 0.108. The molecule has 0 bridgehead atoms. The fraction of sp³-hybridized carbons (Fsp3) is 0. The molecule has 0 saturated carbocycles. The second kappa shape index (κ2) is 2.74. The van der Waals surface area contributed by atoms with E-state index in [4.69, 9.17) is 21.8 Å². The quantitative estimate of drug-likeness (QED) is 0.706. The van der Waals surface area contributed by atoms with Gasteiger partial charge in [-0.05, 0) is 29.8 Å². The summed E-state index contributed by atoms with van der Waals surface area (Å²) in [5, 5.41) is -0.531. The molecule has 0 unspecified atom stereocenters. The normalized spacial score (nSPS) is 10.5. The molecule has 0 aliphatic rings. The standard InChI is InChI=1S/C8H5ClN2O2/c9-7(12)4-1-2-5-6(3-4)13-8(10)11-5/h1-3H,(H2,10,11). The van der Waals surface area contributed by atoms with Gasteiger partial charge in [0.05, 0.1) is 0 Å². The zero-order valence-electron chi connectivity index (χ0n) is 6.45. The molecule has 13 heavy (non-hydrogen) atoms. The van der Waals surface area contributed by atoms with Gasteiger partial charge in [-0.25, -0.2) is 0 Å². The molecular formula is C8H5ClN2O2. The molecule has 66 valence electrons. The van der Waals surface area contributed by atoms with E-state index in [1.54, 1.807) is 12.1 Å². The van der Waals surface area contributed by atoms with Gasteiger partial charge in [-0.2, -0.15) is 4.98 Å². The van der Waals surface area contributed by atoms with Crippen molar-refractivity contribution >= 4 is 34.0 Å². The molecule has 0 aliphatic carbocycles. The van der Waals surface area contributed by atoms with Gasteiger partial charge in [-0.1, -0.05) is 0 Å². The van der Waals surface area contributed by atoms with Gasteiger partial charge in [0, 0.05) is 5.56 Å². The zero-order valence-corrected chi connectivity index (χ0v) is 7.21. The van der Waals surface area contributed by atoms with Crippen molar-refractivity contribution in [3.63, 3.8) is 0 Å². The maximum atomic E-state index is 10.8. The first-order valence-electron chi connectivity index (χ1n) is 3.53. The van der Waals surface area contributed by atoms with Crippen LogP contribution in [0.2, 0.25) is 0 Å². The Bertz CT molecular complexity index is 478. The van der Waals surface area contributed by atoms with Crippen molar-refractivity contribution in [1.29, 1.82) is 0 Å². The molecule has 0 fully saturated rings. The highest BCUT2D eigenvalue weighted by molar-refractivity contribution is 6.67. The third-order valence-electron chi connectivity index (χ3n) is 1.63. The minimum absolute atomic E-state index is 0.0779. The minimum atomic E-state index is -0.531. The van der Waals surface area contributed by atoms with Crippen molar-refractivity contribution < 1.29 is 9.21 Å². The van der Waals surface area contributed by atoms with Crippen molar-refractivity contribution in [3.8, 4) is 0 Å². The van der Waals surface area contributed by atoms with Crippen molar-refractivity contribution in [2.75, 3.05) is 5.73 Å². The number of aromatic nitrogens is 1. The summed E-state index contributed by atoms with van der Waals surface area (Å²) < 4.78 is 5.01. The molecule has 1 heterocycles. The number of nitrogens with two attached hydrogens (primary N) is 1. The SMILES string of the molecule is Nc1nc2ccc(C(=O)Cl)cc2o1. The molecule has 0 aliphatic heterocycles. The van der Waals surface area contributed by atoms with E-state index in [9.17, 15) is 4.79 Å². The largest absolute Gasteiger partial charge is 0.424 e. The van der Waals surface area contributed by atoms with E-state index < -0.39 is 5.24 Å². The fourth-order valence-corrected chi connectivity index (χ4v) is 1.18. The van der Waals surface area contributed by atoms with Gasteiger partial charge >= 0.3 is 0 Å². The highest BCUT2D eigenvalue weighted by Gasteiger charge is 2.06. The van der Waals surface area contributed by atoms with Crippen LogP contribution >= 0.6 is 11.6 Å². The second-order valence-corrected chi connectivity index (χ2v) is 2.85. The summed E-state index contributed by atoms with van der Waals surface area (Å²) in [4.78, 5) is 14.6. The number of hydrogen-bond donors (Lipinski definition) is 1. The number of oxazole rings is 1. The molecular weight excluding hydrogens is 192 g/mol. The Morgan fingerprint density at radius 3 is 3.00 bits per heavy atom. The summed E-state index contributed by atoms with van der Waals surface area (Å²) in [5.74, 6) is 0. The van der Waals surface area contributed by atoms with E-state index >= 15 is 0 Å². The maximum Gasteiger partial charge on any atom is 0.292 e. The number of carbonyl (C=O) groups is 1. The van der Waals surface area contributed by atoms with Crippen LogP contribution in [0.25, 0.3) is 11.1 Å². The van der Waals surface area contributed by atoms with Gasteiger partial charge in [0.2, 0.25) is 0 Å². The van der Waals surface area contributed by atoms with Gasteiger partial charge in [-0.3, -0.25) is 4.79 Å². The lowest BCUT2D eigenvalue weighted by atomic mass is 10.2. The predicted octanol–water partition coefficient (Wildman–Crippen LogP) is 1.79. The van der Waals surface area contributed by atoms with Gasteiger partial charge in [0.25, 0.3) is 11.3 Å². The molecule has 2 rings (SSSR count). The summed E-state index contributed by atoms with van der Waals surface area (Å²) in [7, 11) is 0. The number of benzene rings is 1. The van der Waals surface area contributed by atoms with Gasteiger partial charge in [0.1, 0.15) is 5.52 Å². The van der Waals surface area contributed by atoms with Crippen LogP contribution < -0.4 is 5.73 Å². The van der Waals surface area contributed by atoms with Gasteiger partial charge in [-0.15, -0.1) is 0 Å². The molecule has 0 saturated heterocycles. The summed E-state index contributed by atoms with van der Waals surface area (Å²) in [6.45, 7) is 0. The molecule has 2 aromatic rings.